The summed E-state index contributed by atoms with van der Waals surface area (Å²) in [6.07, 6.45) is 3.66. The Hall–Kier alpha value is -2.24. The van der Waals surface area contributed by atoms with Crippen molar-refractivity contribution in [3.8, 4) is 17.2 Å². The van der Waals surface area contributed by atoms with Gasteiger partial charge in [0.15, 0.2) is 13.6 Å². The number of hydrogen-bond acceptors (Lipinski definition) is 5. The van der Waals surface area contributed by atoms with Crippen LogP contribution in [0.3, 0.4) is 0 Å². The zero-order valence-electron chi connectivity index (χ0n) is 17.4. The molecule has 0 spiro atoms. The lowest BCUT2D eigenvalue weighted by Gasteiger charge is -2.36. The molecule has 0 saturated heterocycles. The minimum Gasteiger partial charge on any atom is -0.485 e. The highest BCUT2D eigenvalue weighted by atomic mass is 16.7. The summed E-state index contributed by atoms with van der Waals surface area (Å²) in [6, 6.07) is 14.4. The summed E-state index contributed by atoms with van der Waals surface area (Å²) in [5.74, 6) is 4.31. The third-order valence-electron chi connectivity index (χ3n) is 6.21. The second-order valence-electron chi connectivity index (χ2n) is 7.92. The quantitative estimate of drug-likeness (QED) is 0.564. The summed E-state index contributed by atoms with van der Waals surface area (Å²) in [6.45, 7) is 2.80. The highest BCUT2D eigenvalue weighted by Crippen LogP contribution is 2.56. The number of fused-ring (bicyclic) bond motifs is 3. The van der Waals surface area contributed by atoms with Crippen molar-refractivity contribution in [3.05, 3.63) is 53.6 Å². The summed E-state index contributed by atoms with van der Waals surface area (Å²) >= 11 is 0. The first-order valence-corrected chi connectivity index (χ1v) is 10.4. The van der Waals surface area contributed by atoms with Gasteiger partial charge >= 0.3 is 0 Å². The van der Waals surface area contributed by atoms with Crippen molar-refractivity contribution in [1.29, 1.82) is 0 Å². The molecule has 1 unspecified atom stereocenters. The first kappa shape index (κ1) is 20.0. The smallest absolute Gasteiger partial charge is 0.188 e. The van der Waals surface area contributed by atoms with Crippen molar-refractivity contribution >= 4 is 0 Å². The molecule has 5 nitrogen and oxygen atoms in total. The minimum atomic E-state index is 0.0614. The van der Waals surface area contributed by atoms with Gasteiger partial charge in [0.1, 0.15) is 23.4 Å². The lowest BCUT2D eigenvalue weighted by molar-refractivity contribution is 0.0502. The molecule has 5 heteroatoms. The number of benzene rings is 2. The van der Waals surface area contributed by atoms with E-state index in [1.165, 1.54) is 30.4 Å². The van der Waals surface area contributed by atoms with Crippen LogP contribution in [0.2, 0.25) is 0 Å². The van der Waals surface area contributed by atoms with Crippen molar-refractivity contribution in [2.75, 3.05) is 27.8 Å². The van der Waals surface area contributed by atoms with Crippen molar-refractivity contribution in [1.82, 2.24) is 0 Å². The maximum Gasteiger partial charge on any atom is 0.188 e. The molecule has 2 aliphatic rings. The molecule has 1 aliphatic heterocycles. The van der Waals surface area contributed by atoms with Crippen molar-refractivity contribution in [2.24, 2.45) is 11.8 Å². The van der Waals surface area contributed by atoms with E-state index in [9.17, 15) is 0 Å². The van der Waals surface area contributed by atoms with Crippen molar-refractivity contribution < 1.29 is 23.7 Å². The standard InChI is InChI=1S/C24H30O5/c1-4-16-11-20-21-13-19(28-15-26-3)9-10-23(21)29-24(22(20)12-16)17-5-7-18(8-6-17)27-14-25-2/h5-10,13,16,20,22,24H,4,11-12,14-15H2,1-3H3/t16?,20-,22-,24-/m0/s1. The van der Waals surface area contributed by atoms with E-state index in [1.807, 2.05) is 24.3 Å². The summed E-state index contributed by atoms with van der Waals surface area (Å²) in [7, 11) is 3.26. The predicted molar refractivity (Wildman–Crippen MR) is 111 cm³/mol. The normalized spacial score (nSPS) is 25.1. The average Bonchev–Trinajstić information content (AvgIpc) is 3.21. The van der Waals surface area contributed by atoms with E-state index in [0.29, 0.717) is 11.8 Å². The summed E-state index contributed by atoms with van der Waals surface area (Å²) < 4.78 is 27.8. The molecule has 2 aromatic rings. The second-order valence-corrected chi connectivity index (χ2v) is 7.92. The zero-order chi connectivity index (χ0) is 20.2. The van der Waals surface area contributed by atoms with Gasteiger partial charge in [0.25, 0.3) is 0 Å². The maximum atomic E-state index is 6.55. The second kappa shape index (κ2) is 9.06. The van der Waals surface area contributed by atoms with Gasteiger partial charge in [-0.2, -0.15) is 0 Å². The molecule has 0 amide bonds. The van der Waals surface area contributed by atoms with Crippen LogP contribution in [0.25, 0.3) is 0 Å². The molecule has 1 fully saturated rings. The van der Waals surface area contributed by atoms with Crippen LogP contribution < -0.4 is 14.2 Å². The van der Waals surface area contributed by atoms with E-state index in [-0.39, 0.29) is 19.7 Å². The molecule has 0 N–H and O–H groups in total. The van der Waals surface area contributed by atoms with Gasteiger partial charge in [0.2, 0.25) is 0 Å². The van der Waals surface area contributed by atoms with Gasteiger partial charge < -0.3 is 23.7 Å². The van der Waals surface area contributed by atoms with Crippen LogP contribution in [-0.4, -0.2) is 27.8 Å². The van der Waals surface area contributed by atoms with Crippen LogP contribution >= 0.6 is 0 Å². The molecule has 4 atom stereocenters. The summed E-state index contributed by atoms with van der Waals surface area (Å²) in [5, 5.41) is 0. The Morgan fingerprint density at radius 1 is 0.897 bits per heavy atom. The van der Waals surface area contributed by atoms with E-state index in [4.69, 9.17) is 23.7 Å². The number of methoxy groups -OCH3 is 2. The summed E-state index contributed by atoms with van der Waals surface area (Å²) in [5.41, 5.74) is 2.47. The first-order chi connectivity index (χ1) is 14.2. The summed E-state index contributed by atoms with van der Waals surface area (Å²) in [4.78, 5) is 0. The van der Waals surface area contributed by atoms with Gasteiger partial charge in [-0.1, -0.05) is 25.5 Å². The van der Waals surface area contributed by atoms with Gasteiger partial charge in [-0.05, 0) is 60.6 Å². The molecule has 29 heavy (non-hydrogen) atoms. The van der Waals surface area contributed by atoms with Gasteiger partial charge in [-0.15, -0.1) is 0 Å². The largest absolute Gasteiger partial charge is 0.485 e. The maximum absolute atomic E-state index is 6.55. The predicted octanol–water partition coefficient (Wildman–Crippen LogP) is 5.31. The molecule has 0 radical (unpaired) electrons. The highest BCUT2D eigenvalue weighted by molar-refractivity contribution is 5.46. The fraction of sp³-hybridized carbons (Fsp3) is 0.500. The Morgan fingerprint density at radius 3 is 2.28 bits per heavy atom. The van der Waals surface area contributed by atoms with Gasteiger partial charge in [-0.25, -0.2) is 0 Å². The van der Waals surface area contributed by atoms with Crippen LogP contribution in [0, 0.1) is 11.8 Å². The van der Waals surface area contributed by atoms with Crippen LogP contribution in [0.4, 0.5) is 0 Å². The van der Waals surface area contributed by atoms with Crippen LogP contribution in [0.1, 0.15) is 49.3 Å². The monoisotopic (exact) mass is 398 g/mol. The van der Waals surface area contributed by atoms with E-state index >= 15 is 0 Å². The lowest BCUT2D eigenvalue weighted by atomic mass is 9.80. The topological polar surface area (TPSA) is 46.2 Å². The van der Waals surface area contributed by atoms with E-state index in [0.717, 1.165) is 23.2 Å². The first-order valence-electron chi connectivity index (χ1n) is 10.4. The number of ether oxygens (including phenoxy) is 5. The van der Waals surface area contributed by atoms with Gasteiger partial charge in [-0.3, -0.25) is 0 Å². The number of hydrogen-bond donors (Lipinski definition) is 0. The number of rotatable bonds is 8. The highest BCUT2D eigenvalue weighted by Gasteiger charge is 2.45. The van der Waals surface area contributed by atoms with Gasteiger partial charge in [0.05, 0.1) is 0 Å². The van der Waals surface area contributed by atoms with Crippen LogP contribution in [0.5, 0.6) is 17.2 Å². The van der Waals surface area contributed by atoms with Crippen LogP contribution in [0.15, 0.2) is 42.5 Å². The fourth-order valence-electron chi connectivity index (χ4n) is 4.77. The lowest BCUT2D eigenvalue weighted by Crippen LogP contribution is -2.26. The van der Waals surface area contributed by atoms with Crippen LogP contribution in [-0.2, 0) is 9.47 Å². The Morgan fingerprint density at radius 2 is 1.59 bits per heavy atom. The SMILES string of the molecule is CCC1C[C@H]2[C@@H](C1)c1cc(OCOC)ccc1O[C@H]2c1ccc(OCOC)cc1. The molecule has 4 rings (SSSR count). The molecule has 1 aliphatic carbocycles. The molecule has 0 bridgehead atoms. The minimum absolute atomic E-state index is 0.0614. The molecular formula is C24H30O5. The molecule has 156 valence electrons. The van der Waals surface area contributed by atoms with Gasteiger partial charge in [0, 0.05) is 25.7 Å². The Bertz CT molecular complexity index is 803. The molecule has 1 saturated carbocycles. The fourth-order valence-corrected chi connectivity index (χ4v) is 4.77. The Labute approximate surface area is 172 Å². The Kier molecular flexibility index (Phi) is 6.26. The van der Waals surface area contributed by atoms with E-state index < -0.39 is 0 Å². The Balaban J connectivity index is 1.61. The third kappa shape index (κ3) is 4.21. The third-order valence-corrected chi connectivity index (χ3v) is 6.21. The zero-order valence-corrected chi connectivity index (χ0v) is 17.4. The van der Waals surface area contributed by atoms with E-state index in [2.05, 4.69) is 25.1 Å². The van der Waals surface area contributed by atoms with E-state index in [1.54, 1.807) is 14.2 Å². The molecule has 0 aromatic heterocycles. The molecular weight excluding hydrogens is 368 g/mol. The molecule has 2 aromatic carbocycles. The van der Waals surface area contributed by atoms with Crippen molar-refractivity contribution in [3.63, 3.8) is 0 Å². The average molecular weight is 398 g/mol. The molecule has 1 heterocycles. The van der Waals surface area contributed by atoms with Crippen molar-refractivity contribution in [2.45, 2.75) is 38.2 Å².